The van der Waals surface area contributed by atoms with Gasteiger partial charge in [-0.05, 0) is 116 Å². The first-order valence-corrected chi connectivity index (χ1v) is 19.7. The van der Waals surface area contributed by atoms with E-state index in [-0.39, 0.29) is 30.6 Å². The highest BCUT2D eigenvalue weighted by molar-refractivity contribution is 5.87. The third-order valence-electron chi connectivity index (χ3n) is 11.4. The summed E-state index contributed by atoms with van der Waals surface area (Å²) in [5, 5.41) is 17.3. The maximum absolute atomic E-state index is 11.9. The Bertz CT molecular complexity index is 1220. The van der Waals surface area contributed by atoms with Crippen LogP contribution < -0.4 is 0 Å². The van der Waals surface area contributed by atoms with Crippen LogP contribution in [0.15, 0.2) is 73.3 Å². The molecule has 0 radical (unpaired) electrons. The van der Waals surface area contributed by atoms with Crippen molar-refractivity contribution in [2.75, 3.05) is 33.5 Å². The van der Waals surface area contributed by atoms with Gasteiger partial charge in [0.1, 0.15) is 0 Å². The monoisotopic (exact) mass is 689 g/mol. The zero-order chi connectivity index (χ0) is 36.1. The number of methoxy groups -OCH3 is 1. The Labute approximate surface area is 304 Å². The van der Waals surface area contributed by atoms with E-state index in [0.29, 0.717) is 13.2 Å². The van der Waals surface area contributed by atoms with Crippen molar-refractivity contribution in [3.05, 3.63) is 84.5 Å². The lowest BCUT2D eigenvalue weighted by Gasteiger charge is -2.38. The van der Waals surface area contributed by atoms with Gasteiger partial charge in [-0.2, -0.15) is 0 Å². The van der Waals surface area contributed by atoms with Crippen LogP contribution in [-0.4, -0.2) is 49.7 Å². The maximum Gasteiger partial charge on any atom is 0.335 e. The van der Waals surface area contributed by atoms with Crippen LogP contribution in [0.1, 0.15) is 108 Å². The molecule has 2 N–H and O–H groups in total. The van der Waals surface area contributed by atoms with Crippen LogP contribution in [0.5, 0.6) is 0 Å². The van der Waals surface area contributed by atoms with E-state index in [0.717, 1.165) is 30.1 Å². The average Bonchev–Trinajstić information content (AvgIpc) is 3.17. The minimum absolute atomic E-state index is 0.109. The van der Waals surface area contributed by atoms with E-state index in [1.807, 2.05) is 6.92 Å². The number of rotatable bonds is 19. The van der Waals surface area contributed by atoms with Crippen molar-refractivity contribution in [1.82, 2.24) is 0 Å². The molecule has 0 aromatic heterocycles. The standard InChI is InChI=1S/C40H58O4.C5H10O/c1-4-5-6-31-11-19-36(20-12-31)37-21-13-32(14-22-37)7-8-33-15-23-38(24-16-33)39-25-17-34(18-26-39)9-10-35(28-43-3)29-44-40(42)30(2)27-41;1-3-5(2)4-6/h11-14,19-22,33-35,38-39,41H,2,4-10,15-18,23-29H2,1,3H3;3,5-6H,1,4H2,2H3. The Balaban J connectivity index is 0.00000103. The molecule has 4 rings (SSSR count). The van der Waals surface area contributed by atoms with E-state index in [1.165, 1.54) is 112 Å². The highest BCUT2D eigenvalue weighted by Gasteiger charge is 2.31. The second-order valence-electron chi connectivity index (χ2n) is 15.3. The highest BCUT2D eigenvalue weighted by atomic mass is 16.5. The lowest BCUT2D eigenvalue weighted by atomic mass is 9.68. The first-order valence-electron chi connectivity index (χ1n) is 19.7. The Morgan fingerprint density at radius 2 is 1.34 bits per heavy atom. The molecule has 50 heavy (non-hydrogen) atoms. The summed E-state index contributed by atoms with van der Waals surface area (Å²) in [6.07, 6.45) is 21.3. The smallest absolute Gasteiger partial charge is 0.335 e. The van der Waals surface area contributed by atoms with Crippen molar-refractivity contribution in [2.24, 2.45) is 35.5 Å². The molecule has 278 valence electrons. The molecule has 2 saturated carbocycles. The van der Waals surface area contributed by atoms with E-state index in [9.17, 15) is 4.79 Å². The molecule has 0 bridgehead atoms. The van der Waals surface area contributed by atoms with E-state index in [1.54, 1.807) is 13.2 Å². The van der Waals surface area contributed by atoms with Gasteiger partial charge in [0.25, 0.3) is 0 Å². The zero-order valence-corrected chi connectivity index (χ0v) is 31.6. The fourth-order valence-corrected chi connectivity index (χ4v) is 7.73. The Hall–Kier alpha value is -2.73. The topological polar surface area (TPSA) is 76.0 Å². The number of aryl methyl sites for hydroxylation is 2. The Morgan fingerprint density at radius 3 is 1.78 bits per heavy atom. The molecule has 0 aliphatic heterocycles. The lowest BCUT2D eigenvalue weighted by Crippen LogP contribution is -2.26. The number of aliphatic hydroxyl groups is 2. The number of unbranched alkanes of at least 4 members (excludes halogenated alkanes) is 1. The fourth-order valence-electron chi connectivity index (χ4n) is 7.73. The average molecular weight is 689 g/mol. The molecule has 5 nitrogen and oxygen atoms in total. The zero-order valence-electron chi connectivity index (χ0n) is 31.6. The number of esters is 1. The Kier molecular flexibility index (Phi) is 19.8. The van der Waals surface area contributed by atoms with Crippen LogP contribution >= 0.6 is 0 Å². The van der Waals surface area contributed by atoms with Gasteiger partial charge < -0.3 is 19.7 Å². The molecule has 2 aromatic rings. The molecular formula is C45H68O5. The maximum atomic E-state index is 11.9. The predicted octanol–water partition coefficient (Wildman–Crippen LogP) is 10.2. The summed E-state index contributed by atoms with van der Waals surface area (Å²) in [6.45, 7) is 12.0. The second kappa shape index (κ2) is 23.7. The summed E-state index contributed by atoms with van der Waals surface area (Å²) in [5.74, 6) is 3.47. The van der Waals surface area contributed by atoms with Crippen LogP contribution in [0.2, 0.25) is 0 Å². The highest BCUT2D eigenvalue weighted by Crippen LogP contribution is 2.43. The molecule has 5 heteroatoms. The number of hydrogen-bond donors (Lipinski definition) is 2. The number of benzene rings is 2. The van der Waals surface area contributed by atoms with Crippen LogP contribution in [0.3, 0.4) is 0 Å². The predicted molar refractivity (Wildman–Crippen MR) is 208 cm³/mol. The summed E-state index contributed by atoms with van der Waals surface area (Å²) in [4.78, 5) is 11.9. The van der Waals surface area contributed by atoms with Crippen LogP contribution in [0.4, 0.5) is 0 Å². The van der Waals surface area contributed by atoms with E-state index in [2.05, 4.69) is 68.6 Å². The van der Waals surface area contributed by atoms with Crippen molar-refractivity contribution in [1.29, 1.82) is 0 Å². The molecule has 0 amide bonds. The van der Waals surface area contributed by atoms with Gasteiger partial charge in [-0.15, -0.1) is 6.58 Å². The summed E-state index contributed by atoms with van der Waals surface area (Å²) in [7, 11) is 1.70. The molecule has 2 fully saturated rings. The van der Waals surface area contributed by atoms with Crippen molar-refractivity contribution >= 4 is 5.97 Å². The van der Waals surface area contributed by atoms with Crippen molar-refractivity contribution in [3.63, 3.8) is 0 Å². The molecule has 2 aliphatic rings. The van der Waals surface area contributed by atoms with Gasteiger partial charge in [-0.1, -0.05) is 107 Å². The van der Waals surface area contributed by atoms with E-state index < -0.39 is 5.97 Å². The molecular weight excluding hydrogens is 620 g/mol. The summed E-state index contributed by atoms with van der Waals surface area (Å²) < 4.78 is 10.7. The van der Waals surface area contributed by atoms with Gasteiger partial charge in [0, 0.05) is 19.6 Å². The van der Waals surface area contributed by atoms with E-state index in [4.69, 9.17) is 19.7 Å². The van der Waals surface area contributed by atoms with Crippen molar-refractivity contribution in [3.8, 4) is 11.1 Å². The molecule has 2 aliphatic carbocycles. The lowest BCUT2D eigenvalue weighted by molar-refractivity contribution is -0.141. The summed E-state index contributed by atoms with van der Waals surface area (Å²) in [5.41, 5.74) is 5.69. The van der Waals surface area contributed by atoms with Crippen LogP contribution in [0.25, 0.3) is 11.1 Å². The number of ether oxygens (including phenoxy) is 2. The molecule has 2 atom stereocenters. The normalized spacial score (nSPS) is 21.7. The first kappa shape index (κ1) is 41.7. The number of carbonyl (C=O) groups is 1. The largest absolute Gasteiger partial charge is 0.462 e. The minimum Gasteiger partial charge on any atom is -0.462 e. The first-order chi connectivity index (χ1) is 24.3. The fraction of sp³-hybridized carbons (Fsp3) is 0.622. The SMILES string of the molecule is C=C(CO)C(=O)OCC(CCC1CCC(C2CCC(CCc3ccc(-c4ccc(CCCC)cc4)cc3)CC2)CC1)COC.C=CC(C)CO. The molecule has 2 unspecified atom stereocenters. The van der Waals surface area contributed by atoms with Crippen LogP contribution in [0, 0.1) is 35.5 Å². The van der Waals surface area contributed by atoms with Gasteiger partial charge >= 0.3 is 5.97 Å². The van der Waals surface area contributed by atoms with Crippen molar-refractivity contribution < 1.29 is 24.5 Å². The number of carbonyl (C=O) groups excluding carboxylic acids is 1. The molecule has 0 spiro atoms. The Morgan fingerprint density at radius 1 is 0.820 bits per heavy atom. The number of aliphatic hydroxyl groups excluding tert-OH is 2. The minimum atomic E-state index is -0.503. The van der Waals surface area contributed by atoms with Gasteiger partial charge in [0.2, 0.25) is 0 Å². The van der Waals surface area contributed by atoms with Gasteiger partial charge in [0.05, 0.1) is 25.4 Å². The van der Waals surface area contributed by atoms with Gasteiger partial charge in [-0.25, -0.2) is 4.79 Å². The van der Waals surface area contributed by atoms with Gasteiger partial charge in [0.15, 0.2) is 0 Å². The number of hydrogen-bond acceptors (Lipinski definition) is 5. The summed E-state index contributed by atoms with van der Waals surface area (Å²) in [6, 6.07) is 18.5. The summed E-state index contributed by atoms with van der Waals surface area (Å²) >= 11 is 0. The molecule has 0 heterocycles. The van der Waals surface area contributed by atoms with Crippen LogP contribution in [-0.2, 0) is 27.1 Å². The van der Waals surface area contributed by atoms with E-state index >= 15 is 0 Å². The quantitative estimate of drug-likeness (QED) is 0.0873. The van der Waals surface area contributed by atoms with Gasteiger partial charge in [-0.3, -0.25) is 0 Å². The second-order valence-corrected chi connectivity index (χ2v) is 15.3. The third kappa shape index (κ3) is 14.9. The molecule has 2 aromatic carbocycles. The van der Waals surface area contributed by atoms with Crippen molar-refractivity contribution in [2.45, 2.75) is 110 Å². The third-order valence-corrected chi connectivity index (χ3v) is 11.4. The molecule has 0 saturated heterocycles.